The Kier molecular flexibility index (Phi) is 2.34. The number of nitrogens with two attached hydrogens (primary N) is 1. The first-order valence-electron chi connectivity index (χ1n) is 3.72. The minimum atomic E-state index is -0.271. The molecule has 0 spiro atoms. The maximum atomic E-state index is 8.80. The SMILES string of the molecule is Nc1nnn([C@@H]2CS[C@@H](CO)O2)n1. The number of ether oxygens (including phenoxy) is 1. The van der Waals surface area contributed by atoms with Crippen molar-refractivity contribution in [1.82, 2.24) is 20.2 Å². The highest BCUT2D eigenvalue weighted by Gasteiger charge is 2.28. The average Bonchev–Trinajstić information content (AvgIpc) is 2.71. The van der Waals surface area contributed by atoms with Crippen molar-refractivity contribution in [3.05, 3.63) is 0 Å². The number of aromatic nitrogens is 4. The van der Waals surface area contributed by atoms with Crippen LogP contribution in [-0.4, -0.2) is 43.1 Å². The van der Waals surface area contributed by atoms with E-state index in [9.17, 15) is 0 Å². The fraction of sp³-hybridized carbons (Fsp3) is 0.800. The van der Waals surface area contributed by atoms with Gasteiger partial charge in [0.25, 0.3) is 5.95 Å². The monoisotopic (exact) mass is 203 g/mol. The van der Waals surface area contributed by atoms with E-state index in [0.717, 1.165) is 0 Å². The average molecular weight is 203 g/mol. The molecule has 8 heteroatoms. The van der Waals surface area contributed by atoms with Crippen LogP contribution >= 0.6 is 11.8 Å². The number of aliphatic hydroxyl groups is 1. The fourth-order valence-electron chi connectivity index (χ4n) is 1.02. The van der Waals surface area contributed by atoms with Crippen molar-refractivity contribution in [2.45, 2.75) is 11.7 Å². The number of hydrogen-bond donors (Lipinski definition) is 2. The van der Waals surface area contributed by atoms with E-state index >= 15 is 0 Å². The molecule has 1 aromatic rings. The minimum absolute atomic E-state index is 0.00859. The molecule has 2 rings (SSSR count). The number of nitrogens with zero attached hydrogens (tertiary/aromatic N) is 4. The van der Waals surface area contributed by atoms with Gasteiger partial charge in [0.05, 0.1) is 6.61 Å². The Morgan fingerprint density at radius 1 is 1.77 bits per heavy atom. The molecular weight excluding hydrogens is 194 g/mol. The molecule has 2 atom stereocenters. The zero-order chi connectivity index (χ0) is 9.26. The molecule has 1 aromatic heterocycles. The molecule has 7 nitrogen and oxygen atoms in total. The van der Waals surface area contributed by atoms with Gasteiger partial charge in [0.1, 0.15) is 5.44 Å². The van der Waals surface area contributed by atoms with E-state index in [0.29, 0.717) is 5.75 Å². The van der Waals surface area contributed by atoms with Crippen LogP contribution in [0.25, 0.3) is 0 Å². The van der Waals surface area contributed by atoms with Gasteiger partial charge in [0, 0.05) is 5.75 Å². The predicted molar refractivity (Wildman–Crippen MR) is 45.7 cm³/mol. The van der Waals surface area contributed by atoms with Gasteiger partial charge in [0.15, 0.2) is 6.23 Å². The summed E-state index contributed by atoms with van der Waals surface area (Å²) in [5.74, 6) is 0.821. The lowest BCUT2D eigenvalue weighted by molar-refractivity contribution is -0.0189. The van der Waals surface area contributed by atoms with Gasteiger partial charge in [-0.15, -0.1) is 21.7 Å². The van der Waals surface area contributed by atoms with Crippen molar-refractivity contribution < 1.29 is 9.84 Å². The van der Waals surface area contributed by atoms with Crippen LogP contribution in [0.15, 0.2) is 0 Å². The second kappa shape index (κ2) is 3.48. The van der Waals surface area contributed by atoms with Gasteiger partial charge in [-0.25, -0.2) is 0 Å². The van der Waals surface area contributed by atoms with Gasteiger partial charge in [-0.05, 0) is 5.21 Å². The lowest BCUT2D eigenvalue weighted by Gasteiger charge is -2.07. The summed E-state index contributed by atoms with van der Waals surface area (Å²) in [6.07, 6.45) is -0.271. The summed E-state index contributed by atoms with van der Waals surface area (Å²) in [5.41, 5.74) is 5.10. The van der Waals surface area contributed by atoms with E-state index in [4.69, 9.17) is 15.6 Å². The molecule has 0 amide bonds. The lowest BCUT2D eigenvalue weighted by Crippen LogP contribution is -2.16. The van der Waals surface area contributed by atoms with E-state index in [2.05, 4.69) is 15.4 Å². The normalized spacial score (nSPS) is 28.1. The van der Waals surface area contributed by atoms with Crippen LogP contribution < -0.4 is 5.73 Å². The van der Waals surface area contributed by atoms with Gasteiger partial charge < -0.3 is 15.6 Å². The van der Waals surface area contributed by atoms with Crippen LogP contribution in [0.3, 0.4) is 0 Å². The molecule has 1 aliphatic rings. The summed E-state index contributed by atoms with van der Waals surface area (Å²) in [4.78, 5) is 1.32. The second-order valence-electron chi connectivity index (χ2n) is 2.50. The zero-order valence-electron chi connectivity index (χ0n) is 6.70. The summed E-state index contributed by atoms with van der Waals surface area (Å²) in [7, 11) is 0. The van der Waals surface area contributed by atoms with Gasteiger partial charge in [-0.3, -0.25) is 0 Å². The third kappa shape index (κ3) is 1.74. The number of thioether (sulfide) groups is 1. The topological polar surface area (TPSA) is 99.1 Å². The summed E-state index contributed by atoms with van der Waals surface area (Å²) >= 11 is 1.51. The molecule has 13 heavy (non-hydrogen) atoms. The van der Waals surface area contributed by atoms with E-state index in [1.54, 1.807) is 0 Å². The van der Waals surface area contributed by atoms with Crippen LogP contribution in [0.1, 0.15) is 6.23 Å². The Morgan fingerprint density at radius 3 is 3.15 bits per heavy atom. The number of hydrogen-bond acceptors (Lipinski definition) is 7. The van der Waals surface area contributed by atoms with E-state index in [1.807, 2.05) is 0 Å². The number of tetrazole rings is 1. The minimum Gasteiger partial charge on any atom is -0.393 e. The van der Waals surface area contributed by atoms with Crippen LogP contribution in [0.5, 0.6) is 0 Å². The third-order valence-electron chi connectivity index (χ3n) is 1.58. The standard InChI is InChI=1S/C5H9N5O2S/c6-5-7-9-10(8-5)3-2-13-4(1-11)12-3/h3-4,11H,1-2H2,(H2,6,8)/t3-,4-/m0/s1. The first-order chi connectivity index (χ1) is 6.29. The second-order valence-corrected chi connectivity index (χ2v) is 3.70. The number of aliphatic hydroxyl groups excluding tert-OH is 1. The van der Waals surface area contributed by atoms with Crippen LogP contribution in [-0.2, 0) is 4.74 Å². The Morgan fingerprint density at radius 2 is 2.62 bits per heavy atom. The van der Waals surface area contributed by atoms with Crippen LogP contribution in [0, 0.1) is 0 Å². The summed E-state index contributed by atoms with van der Waals surface area (Å²) in [6, 6.07) is 0. The molecule has 2 heterocycles. The maximum Gasteiger partial charge on any atom is 0.261 e. The molecule has 1 aliphatic heterocycles. The molecular formula is C5H9N5O2S. The molecule has 0 radical (unpaired) electrons. The summed E-state index contributed by atoms with van der Waals surface area (Å²) in [6.45, 7) is -0.00859. The van der Waals surface area contributed by atoms with Crippen molar-refractivity contribution >= 4 is 17.7 Å². The van der Waals surface area contributed by atoms with E-state index in [-0.39, 0.29) is 24.2 Å². The smallest absolute Gasteiger partial charge is 0.261 e. The van der Waals surface area contributed by atoms with Gasteiger partial charge in [0.2, 0.25) is 0 Å². The number of rotatable bonds is 2. The summed E-state index contributed by atoms with van der Waals surface area (Å²) in [5, 5.41) is 19.8. The van der Waals surface area contributed by atoms with Gasteiger partial charge >= 0.3 is 0 Å². The molecule has 0 saturated carbocycles. The first-order valence-corrected chi connectivity index (χ1v) is 4.77. The lowest BCUT2D eigenvalue weighted by atomic mass is 10.6. The highest BCUT2D eigenvalue weighted by Crippen LogP contribution is 2.30. The quantitative estimate of drug-likeness (QED) is 0.625. The highest BCUT2D eigenvalue weighted by atomic mass is 32.2. The Bertz CT molecular complexity index is 292. The highest BCUT2D eigenvalue weighted by molar-refractivity contribution is 8.00. The van der Waals surface area contributed by atoms with Crippen molar-refractivity contribution in [3.8, 4) is 0 Å². The van der Waals surface area contributed by atoms with Gasteiger partial charge in [-0.2, -0.15) is 0 Å². The molecule has 3 N–H and O–H groups in total. The Balaban J connectivity index is 2.03. The number of anilines is 1. The molecule has 1 fully saturated rings. The molecule has 0 bridgehead atoms. The zero-order valence-corrected chi connectivity index (χ0v) is 7.52. The van der Waals surface area contributed by atoms with Gasteiger partial charge in [-0.1, -0.05) is 5.10 Å². The van der Waals surface area contributed by atoms with E-state index in [1.165, 1.54) is 16.6 Å². The van der Waals surface area contributed by atoms with E-state index < -0.39 is 0 Å². The van der Waals surface area contributed by atoms with Crippen molar-refractivity contribution in [2.75, 3.05) is 18.1 Å². The molecule has 1 saturated heterocycles. The molecule has 0 unspecified atom stereocenters. The van der Waals surface area contributed by atoms with Crippen molar-refractivity contribution in [1.29, 1.82) is 0 Å². The van der Waals surface area contributed by atoms with Crippen LogP contribution in [0.2, 0.25) is 0 Å². The summed E-state index contributed by atoms with van der Waals surface area (Å²) < 4.78 is 5.37. The fourth-order valence-corrected chi connectivity index (χ4v) is 1.92. The molecule has 0 aromatic carbocycles. The third-order valence-corrected chi connectivity index (χ3v) is 2.69. The number of nitrogen functional groups attached to an aromatic ring is 1. The maximum absolute atomic E-state index is 8.80. The Labute approximate surface area is 78.2 Å². The molecule has 72 valence electrons. The Hall–Kier alpha value is -0.860. The van der Waals surface area contributed by atoms with Crippen LogP contribution in [0.4, 0.5) is 5.95 Å². The molecule has 0 aliphatic carbocycles. The first kappa shape index (κ1) is 8.73. The van der Waals surface area contributed by atoms with Crippen molar-refractivity contribution in [3.63, 3.8) is 0 Å². The van der Waals surface area contributed by atoms with Crippen molar-refractivity contribution in [2.24, 2.45) is 0 Å². The largest absolute Gasteiger partial charge is 0.393 e. The predicted octanol–water partition coefficient (Wildman–Crippen LogP) is -1.16.